The van der Waals surface area contributed by atoms with Gasteiger partial charge in [-0.2, -0.15) is 0 Å². The highest BCUT2D eigenvalue weighted by Gasteiger charge is 2.12. The summed E-state index contributed by atoms with van der Waals surface area (Å²) in [6.45, 7) is 9.69. The smallest absolute Gasteiger partial charge is 0.220 e. The SMILES string of the molecule is CC(N)CCNC(=O)CCCOc1ccc(C(C)(C)C)cc1. The van der Waals surface area contributed by atoms with Crippen molar-refractivity contribution in [2.75, 3.05) is 13.2 Å². The monoisotopic (exact) mass is 306 g/mol. The van der Waals surface area contributed by atoms with Gasteiger partial charge in [0.2, 0.25) is 5.91 Å². The third kappa shape index (κ3) is 7.46. The zero-order valence-corrected chi connectivity index (χ0v) is 14.3. The van der Waals surface area contributed by atoms with Crippen LogP contribution in [0, 0.1) is 0 Å². The summed E-state index contributed by atoms with van der Waals surface area (Å²) in [4.78, 5) is 11.6. The molecule has 0 spiro atoms. The summed E-state index contributed by atoms with van der Waals surface area (Å²) in [5.74, 6) is 0.915. The van der Waals surface area contributed by atoms with E-state index in [0.717, 1.165) is 12.2 Å². The standard InChI is InChI=1S/C18H30N2O2/c1-14(19)11-12-20-17(21)6-5-13-22-16-9-7-15(8-10-16)18(2,3)4/h7-10,14H,5-6,11-13,19H2,1-4H3,(H,20,21). The molecule has 0 saturated carbocycles. The largest absolute Gasteiger partial charge is 0.494 e. The predicted molar refractivity (Wildman–Crippen MR) is 91.1 cm³/mol. The van der Waals surface area contributed by atoms with Gasteiger partial charge >= 0.3 is 0 Å². The van der Waals surface area contributed by atoms with Gasteiger partial charge < -0.3 is 15.8 Å². The number of nitrogens with one attached hydrogen (secondary N) is 1. The molecule has 1 rings (SSSR count). The molecule has 1 atom stereocenters. The molecule has 0 aliphatic carbocycles. The maximum absolute atomic E-state index is 11.6. The van der Waals surface area contributed by atoms with Crippen LogP contribution < -0.4 is 15.8 Å². The first-order valence-corrected chi connectivity index (χ1v) is 8.04. The highest BCUT2D eigenvalue weighted by Crippen LogP contribution is 2.24. The van der Waals surface area contributed by atoms with Crippen molar-refractivity contribution in [2.45, 2.75) is 58.4 Å². The van der Waals surface area contributed by atoms with E-state index in [4.69, 9.17) is 10.5 Å². The molecule has 124 valence electrons. The second kappa shape index (κ2) is 8.79. The van der Waals surface area contributed by atoms with Gasteiger partial charge in [-0.3, -0.25) is 4.79 Å². The third-order valence-corrected chi connectivity index (χ3v) is 3.46. The first-order chi connectivity index (χ1) is 10.3. The molecule has 0 heterocycles. The van der Waals surface area contributed by atoms with E-state index in [1.54, 1.807) is 0 Å². The number of rotatable bonds is 8. The normalized spacial score (nSPS) is 12.8. The first-order valence-electron chi connectivity index (χ1n) is 8.04. The summed E-state index contributed by atoms with van der Waals surface area (Å²) in [5.41, 5.74) is 7.07. The fraction of sp³-hybridized carbons (Fsp3) is 0.611. The quantitative estimate of drug-likeness (QED) is 0.726. The minimum atomic E-state index is 0.0623. The number of hydrogen-bond donors (Lipinski definition) is 2. The van der Waals surface area contributed by atoms with Gasteiger partial charge in [0.25, 0.3) is 0 Å². The number of carbonyl (C=O) groups excluding carboxylic acids is 1. The van der Waals surface area contributed by atoms with E-state index in [1.165, 1.54) is 5.56 Å². The molecule has 0 fully saturated rings. The average Bonchev–Trinajstić information content (AvgIpc) is 2.43. The molecule has 0 saturated heterocycles. The van der Waals surface area contributed by atoms with E-state index < -0.39 is 0 Å². The topological polar surface area (TPSA) is 64.3 Å². The number of carbonyl (C=O) groups is 1. The molecule has 0 aromatic heterocycles. The molecule has 1 aromatic rings. The van der Waals surface area contributed by atoms with Crippen molar-refractivity contribution in [1.82, 2.24) is 5.32 Å². The number of hydrogen-bond acceptors (Lipinski definition) is 3. The first kappa shape index (κ1) is 18.5. The summed E-state index contributed by atoms with van der Waals surface area (Å²) in [6.07, 6.45) is 2.01. The molecule has 3 N–H and O–H groups in total. The molecule has 1 unspecified atom stereocenters. The van der Waals surface area contributed by atoms with Gasteiger partial charge in [-0.1, -0.05) is 32.9 Å². The highest BCUT2D eigenvalue weighted by atomic mass is 16.5. The van der Waals surface area contributed by atoms with Gasteiger partial charge in [0, 0.05) is 19.0 Å². The van der Waals surface area contributed by atoms with Crippen LogP contribution in [-0.4, -0.2) is 25.1 Å². The molecule has 1 amide bonds. The van der Waals surface area contributed by atoms with Crippen LogP contribution in [0.15, 0.2) is 24.3 Å². The molecule has 4 heteroatoms. The molecule has 1 aromatic carbocycles. The summed E-state index contributed by atoms with van der Waals surface area (Å²) in [5, 5.41) is 2.86. The van der Waals surface area contributed by atoms with Gasteiger partial charge in [-0.15, -0.1) is 0 Å². The summed E-state index contributed by atoms with van der Waals surface area (Å²) < 4.78 is 5.67. The number of nitrogens with two attached hydrogens (primary N) is 1. The Balaban J connectivity index is 2.20. The molecular formula is C18H30N2O2. The summed E-state index contributed by atoms with van der Waals surface area (Å²) >= 11 is 0. The van der Waals surface area contributed by atoms with Crippen LogP contribution >= 0.6 is 0 Å². The molecule has 4 nitrogen and oxygen atoms in total. The van der Waals surface area contributed by atoms with Crippen LogP contribution in [0.2, 0.25) is 0 Å². The van der Waals surface area contributed by atoms with E-state index >= 15 is 0 Å². The van der Waals surface area contributed by atoms with Gasteiger partial charge in [-0.05, 0) is 42.9 Å². The minimum absolute atomic E-state index is 0.0623. The summed E-state index contributed by atoms with van der Waals surface area (Å²) in [7, 11) is 0. The van der Waals surface area contributed by atoms with Gasteiger partial charge in [0.15, 0.2) is 0 Å². The van der Waals surface area contributed by atoms with Crippen molar-refractivity contribution in [3.05, 3.63) is 29.8 Å². The number of amides is 1. The Morgan fingerprint density at radius 2 is 1.91 bits per heavy atom. The van der Waals surface area contributed by atoms with E-state index in [1.807, 2.05) is 19.1 Å². The lowest BCUT2D eigenvalue weighted by Gasteiger charge is -2.19. The fourth-order valence-electron chi connectivity index (χ4n) is 2.00. The van der Waals surface area contributed by atoms with Crippen LogP contribution in [0.4, 0.5) is 0 Å². The van der Waals surface area contributed by atoms with Crippen LogP contribution in [0.25, 0.3) is 0 Å². The van der Waals surface area contributed by atoms with Crippen molar-refractivity contribution in [1.29, 1.82) is 0 Å². The van der Waals surface area contributed by atoms with Gasteiger partial charge in [0.1, 0.15) is 5.75 Å². The van der Waals surface area contributed by atoms with Gasteiger partial charge in [0.05, 0.1) is 6.61 Å². The zero-order valence-electron chi connectivity index (χ0n) is 14.3. The maximum Gasteiger partial charge on any atom is 0.220 e. The van der Waals surface area contributed by atoms with Crippen LogP contribution in [0.5, 0.6) is 5.75 Å². The Kier molecular flexibility index (Phi) is 7.39. The lowest BCUT2D eigenvalue weighted by Crippen LogP contribution is -2.28. The van der Waals surface area contributed by atoms with Crippen molar-refractivity contribution in [2.24, 2.45) is 5.73 Å². The predicted octanol–water partition coefficient (Wildman–Crippen LogP) is 3.00. The van der Waals surface area contributed by atoms with E-state index in [9.17, 15) is 4.79 Å². The fourth-order valence-corrected chi connectivity index (χ4v) is 2.00. The lowest BCUT2D eigenvalue weighted by atomic mass is 9.87. The number of ether oxygens (including phenoxy) is 1. The van der Waals surface area contributed by atoms with Crippen molar-refractivity contribution in [3.63, 3.8) is 0 Å². The second-order valence-electron chi connectivity index (χ2n) is 6.84. The third-order valence-electron chi connectivity index (χ3n) is 3.46. The van der Waals surface area contributed by atoms with E-state index in [0.29, 0.717) is 26.0 Å². The van der Waals surface area contributed by atoms with Crippen molar-refractivity contribution < 1.29 is 9.53 Å². The van der Waals surface area contributed by atoms with E-state index in [-0.39, 0.29) is 17.4 Å². The van der Waals surface area contributed by atoms with Crippen LogP contribution in [0.3, 0.4) is 0 Å². The Morgan fingerprint density at radius 3 is 2.45 bits per heavy atom. The molecule has 0 radical (unpaired) electrons. The molecule has 22 heavy (non-hydrogen) atoms. The zero-order chi connectivity index (χ0) is 16.6. The van der Waals surface area contributed by atoms with Crippen LogP contribution in [0.1, 0.15) is 52.5 Å². The molecule has 0 bridgehead atoms. The molecule has 0 aliphatic rings. The minimum Gasteiger partial charge on any atom is -0.494 e. The Morgan fingerprint density at radius 1 is 1.27 bits per heavy atom. The highest BCUT2D eigenvalue weighted by molar-refractivity contribution is 5.75. The average molecular weight is 306 g/mol. The lowest BCUT2D eigenvalue weighted by molar-refractivity contribution is -0.121. The molecule has 0 aliphatic heterocycles. The Bertz CT molecular complexity index is 447. The Hall–Kier alpha value is -1.55. The summed E-state index contributed by atoms with van der Waals surface area (Å²) in [6, 6.07) is 8.29. The maximum atomic E-state index is 11.6. The second-order valence-corrected chi connectivity index (χ2v) is 6.84. The Labute approximate surface area is 134 Å². The van der Waals surface area contributed by atoms with Crippen molar-refractivity contribution in [3.8, 4) is 5.75 Å². The van der Waals surface area contributed by atoms with Crippen LogP contribution in [-0.2, 0) is 10.2 Å². The molecular weight excluding hydrogens is 276 g/mol. The van der Waals surface area contributed by atoms with E-state index in [2.05, 4.69) is 38.2 Å². The van der Waals surface area contributed by atoms with Crippen molar-refractivity contribution >= 4 is 5.91 Å². The number of benzene rings is 1. The van der Waals surface area contributed by atoms with Gasteiger partial charge in [-0.25, -0.2) is 0 Å².